The van der Waals surface area contributed by atoms with Gasteiger partial charge in [0.2, 0.25) is 0 Å². The first-order valence-electron chi connectivity index (χ1n) is 13.2. The summed E-state index contributed by atoms with van der Waals surface area (Å²) in [6.45, 7) is 9.62. The number of aliphatic hydroxyl groups is 1. The lowest BCUT2D eigenvalue weighted by Gasteiger charge is -2.30. The van der Waals surface area contributed by atoms with E-state index in [-0.39, 0.29) is 23.7 Å². The van der Waals surface area contributed by atoms with E-state index >= 15 is 0 Å². The average molecular weight is 560 g/mol. The number of furan rings is 1. The van der Waals surface area contributed by atoms with Gasteiger partial charge in [-0.3, -0.25) is 10.1 Å². The molecule has 5 rings (SSSR count). The van der Waals surface area contributed by atoms with Gasteiger partial charge in [-0.05, 0) is 72.9 Å². The molecule has 0 fully saturated rings. The zero-order chi connectivity index (χ0) is 29.5. The van der Waals surface area contributed by atoms with Crippen LogP contribution in [0.5, 0.6) is 17.2 Å². The zero-order valence-electron chi connectivity index (χ0n) is 23.9. The number of ketones is 1. The Labute approximate surface area is 238 Å². The number of fused-ring (bicyclic) bond motifs is 4. The molecule has 1 heterocycles. The average Bonchev–Trinajstić information content (AvgIpc) is 3.32. The molecule has 0 saturated heterocycles. The summed E-state index contributed by atoms with van der Waals surface area (Å²) in [5.41, 5.74) is 2.94. The molecule has 0 spiro atoms. The number of aliphatic hydroxyl groups excluding tert-OH is 1. The molecule has 4 aromatic rings. The lowest BCUT2D eigenvalue weighted by Crippen LogP contribution is -2.29. The lowest BCUT2D eigenvalue weighted by atomic mass is 9.72. The van der Waals surface area contributed by atoms with Crippen molar-refractivity contribution in [3.8, 4) is 17.2 Å². The first kappa shape index (κ1) is 28.2. The van der Waals surface area contributed by atoms with Crippen LogP contribution in [0.3, 0.4) is 0 Å². The van der Waals surface area contributed by atoms with Crippen molar-refractivity contribution in [1.82, 2.24) is 0 Å². The van der Waals surface area contributed by atoms with Crippen molar-refractivity contribution in [3.05, 3.63) is 82.6 Å². The van der Waals surface area contributed by atoms with Crippen molar-refractivity contribution in [2.45, 2.75) is 45.4 Å². The summed E-state index contributed by atoms with van der Waals surface area (Å²) in [5, 5.41) is 12.2. The molecule has 3 aromatic carbocycles. The topological polar surface area (TPSA) is 116 Å². The summed E-state index contributed by atoms with van der Waals surface area (Å²) in [5.74, 6) is 1.62. The molecule has 41 heavy (non-hydrogen) atoms. The summed E-state index contributed by atoms with van der Waals surface area (Å²) in [4.78, 5) is 26.5. The van der Waals surface area contributed by atoms with Crippen LogP contribution in [0.15, 0.2) is 59.0 Å². The molecule has 0 radical (unpaired) electrons. The van der Waals surface area contributed by atoms with Crippen LogP contribution in [0.4, 0.5) is 10.5 Å². The molecule has 0 saturated carbocycles. The van der Waals surface area contributed by atoms with Gasteiger partial charge in [-0.25, -0.2) is 4.79 Å². The number of carbonyl (C=O) groups excluding carboxylic acids is 2. The highest BCUT2D eigenvalue weighted by molar-refractivity contribution is 6.19. The minimum absolute atomic E-state index is 0.120. The van der Waals surface area contributed by atoms with E-state index in [1.54, 1.807) is 36.4 Å². The number of anilines is 1. The van der Waals surface area contributed by atoms with Crippen LogP contribution in [-0.4, -0.2) is 37.7 Å². The molecule has 0 unspecified atom stereocenters. The van der Waals surface area contributed by atoms with E-state index in [1.807, 2.05) is 32.0 Å². The van der Waals surface area contributed by atoms with Crippen molar-refractivity contribution < 1.29 is 38.1 Å². The van der Waals surface area contributed by atoms with E-state index in [0.29, 0.717) is 45.0 Å². The van der Waals surface area contributed by atoms with Gasteiger partial charge in [-0.2, -0.15) is 0 Å². The number of rotatable bonds is 7. The quantitative estimate of drug-likeness (QED) is 0.194. The van der Waals surface area contributed by atoms with Crippen LogP contribution < -0.4 is 19.5 Å². The highest BCUT2D eigenvalue weighted by atomic mass is 16.7. The van der Waals surface area contributed by atoms with E-state index < -0.39 is 18.3 Å². The molecular weight excluding hydrogens is 526 g/mol. The van der Waals surface area contributed by atoms with Crippen LogP contribution >= 0.6 is 0 Å². The molecule has 1 aliphatic rings. The second-order valence-corrected chi connectivity index (χ2v) is 11.4. The van der Waals surface area contributed by atoms with Gasteiger partial charge < -0.3 is 28.5 Å². The van der Waals surface area contributed by atoms with E-state index in [1.165, 1.54) is 7.11 Å². The van der Waals surface area contributed by atoms with Gasteiger partial charge in [0.05, 0.1) is 18.4 Å². The van der Waals surface area contributed by atoms with Gasteiger partial charge in [0.1, 0.15) is 35.4 Å². The number of amides is 1. The van der Waals surface area contributed by atoms with E-state index in [9.17, 15) is 9.59 Å². The number of carbonyl (C=O) groups is 2. The number of hydrogen-bond donors (Lipinski definition) is 2. The fraction of sp³-hybridized carbons (Fsp3) is 0.312. The maximum atomic E-state index is 13.6. The fourth-order valence-electron chi connectivity index (χ4n) is 5.05. The maximum absolute atomic E-state index is 13.6. The van der Waals surface area contributed by atoms with Crippen molar-refractivity contribution in [3.63, 3.8) is 0 Å². The van der Waals surface area contributed by atoms with E-state index in [0.717, 1.165) is 11.1 Å². The Balaban J connectivity index is 1.42. The van der Waals surface area contributed by atoms with Crippen LogP contribution in [0.25, 0.3) is 11.0 Å². The largest absolute Gasteiger partial charge is 0.495 e. The third kappa shape index (κ3) is 5.26. The summed E-state index contributed by atoms with van der Waals surface area (Å²) in [6, 6.07) is 15.8. The zero-order valence-corrected chi connectivity index (χ0v) is 23.9. The van der Waals surface area contributed by atoms with Gasteiger partial charge >= 0.3 is 6.09 Å². The van der Waals surface area contributed by atoms with E-state index in [4.69, 9.17) is 28.5 Å². The van der Waals surface area contributed by atoms with Crippen molar-refractivity contribution in [2.24, 2.45) is 0 Å². The Kier molecular flexibility index (Phi) is 7.27. The van der Waals surface area contributed by atoms with Gasteiger partial charge in [-0.1, -0.05) is 26.8 Å². The fourth-order valence-corrected chi connectivity index (χ4v) is 5.05. The summed E-state index contributed by atoms with van der Waals surface area (Å²) in [6.07, 6.45) is -0.688. The number of nitrogens with one attached hydrogen (secondary N) is 1. The first-order chi connectivity index (χ1) is 19.4. The minimum atomic E-state index is -0.688. The molecule has 0 aliphatic heterocycles. The van der Waals surface area contributed by atoms with Gasteiger partial charge in [0.25, 0.3) is 0 Å². The SMILES string of the molecule is COc1ccc(C(C)(C)C)cc1NC(=O)Oc1ccc2c3c(oc2c1)C(C)(C)c1cc(OCOCO)ccc1C3=O. The maximum Gasteiger partial charge on any atom is 0.417 e. The minimum Gasteiger partial charge on any atom is -0.495 e. The molecule has 1 amide bonds. The Hall–Kier alpha value is -4.34. The third-order valence-corrected chi connectivity index (χ3v) is 7.28. The number of methoxy groups -OCH3 is 1. The predicted octanol–water partition coefficient (Wildman–Crippen LogP) is 6.52. The van der Waals surface area contributed by atoms with Crippen LogP contribution in [0.2, 0.25) is 0 Å². The molecule has 0 atom stereocenters. The molecular formula is C32H33NO8. The van der Waals surface area contributed by atoms with Gasteiger partial charge in [0, 0.05) is 22.4 Å². The summed E-state index contributed by atoms with van der Waals surface area (Å²) in [7, 11) is 1.54. The summed E-state index contributed by atoms with van der Waals surface area (Å²) >= 11 is 0. The molecule has 2 N–H and O–H groups in total. The number of benzene rings is 3. The van der Waals surface area contributed by atoms with Gasteiger partial charge in [-0.15, -0.1) is 0 Å². The standard InChI is InChI=1S/C32H33NO8/c1-31(2,3)18-7-12-25(37-6)24(13-18)33-30(36)40-20-9-11-22-26(15-20)41-29-27(22)28(35)21-10-8-19(39-17-38-16-34)14-23(21)32(29,4)5/h7-15,34H,16-17H2,1-6H3,(H,33,36). The Bertz CT molecular complexity index is 1640. The number of ether oxygens (including phenoxy) is 4. The monoisotopic (exact) mass is 559 g/mol. The molecule has 214 valence electrons. The highest BCUT2D eigenvalue weighted by Crippen LogP contribution is 2.46. The molecule has 9 heteroatoms. The molecule has 0 bridgehead atoms. The highest BCUT2D eigenvalue weighted by Gasteiger charge is 2.41. The Morgan fingerprint density at radius 2 is 1.78 bits per heavy atom. The second kappa shape index (κ2) is 10.6. The van der Waals surface area contributed by atoms with Crippen molar-refractivity contribution in [1.29, 1.82) is 0 Å². The van der Waals surface area contributed by atoms with Crippen LogP contribution in [0, 0.1) is 0 Å². The van der Waals surface area contributed by atoms with Gasteiger partial charge in [0.15, 0.2) is 12.6 Å². The smallest absolute Gasteiger partial charge is 0.417 e. The lowest BCUT2D eigenvalue weighted by molar-refractivity contribution is -0.0653. The Morgan fingerprint density at radius 3 is 2.49 bits per heavy atom. The van der Waals surface area contributed by atoms with Crippen LogP contribution in [0.1, 0.15) is 67.4 Å². The van der Waals surface area contributed by atoms with Crippen molar-refractivity contribution >= 4 is 28.5 Å². The Morgan fingerprint density at radius 1 is 1.02 bits per heavy atom. The first-order valence-corrected chi connectivity index (χ1v) is 13.2. The number of hydrogen-bond acceptors (Lipinski definition) is 8. The van der Waals surface area contributed by atoms with Crippen molar-refractivity contribution in [2.75, 3.05) is 26.0 Å². The van der Waals surface area contributed by atoms with Crippen LogP contribution in [-0.2, 0) is 15.6 Å². The normalized spacial score (nSPS) is 13.9. The molecule has 9 nitrogen and oxygen atoms in total. The second-order valence-electron chi connectivity index (χ2n) is 11.4. The molecule has 1 aromatic heterocycles. The molecule has 1 aliphatic carbocycles. The summed E-state index contributed by atoms with van der Waals surface area (Å²) < 4.78 is 27.6. The third-order valence-electron chi connectivity index (χ3n) is 7.28. The predicted molar refractivity (Wildman–Crippen MR) is 153 cm³/mol. The van der Waals surface area contributed by atoms with E-state index in [2.05, 4.69) is 26.1 Å².